The van der Waals surface area contributed by atoms with E-state index in [2.05, 4.69) is 10.0 Å². The van der Waals surface area contributed by atoms with Crippen molar-refractivity contribution in [2.24, 2.45) is 0 Å². The lowest BCUT2D eigenvalue weighted by molar-refractivity contribution is -0.384. The molecule has 214 valence electrons. The number of nitrogens with zero attached hydrogens (tertiary/aromatic N) is 1. The minimum Gasteiger partial charge on any atom is -0.480 e. The van der Waals surface area contributed by atoms with Crippen LogP contribution in [0.3, 0.4) is 0 Å². The second-order valence-electron chi connectivity index (χ2n) is 9.70. The number of hydrogen-bond donors (Lipinski definition) is 3. The van der Waals surface area contributed by atoms with E-state index in [1.165, 1.54) is 49.4 Å². The number of carboxylic acids is 1. The summed E-state index contributed by atoms with van der Waals surface area (Å²) in [6, 6.07) is 6.94. The number of carbonyl (C=O) groups excluding carboxylic acids is 1. The van der Waals surface area contributed by atoms with Crippen LogP contribution in [-0.4, -0.2) is 67.0 Å². The van der Waals surface area contributed by atoms with Crippen molar-refractivity contribution < 1.29 is 41.9 Å². The third-order valence-corrected chi connectivity index (χ3v) is 6.42. The molecule has 0 aliphatic rings. The lowest BCUT2D eigenvalue weighted by atomic mass is 10.0. The summed E-state index contributed by atoms with van der Waals surface area (Å²) < 4.78 is 51.5. The van der Waals surface area contributed by atoms with E-state index in [1.807, 2.05) is 0 Å². The van der Waals surface area contributed by atoms with Crippen LogP contribution in [0.1, 0.15) is 31.9 Å². The van der Waals surface area contributed by atoms with Crippen LogP contribution in [0.25, 0.3) is 0 Å². The number of halogens is 1. The predicted octanol–water partition coefficient (Wildman–Crippen LogP) is 2.80. The topological polar surface area (TPSA) is 174 Å². The Bertz CT molecular complexity index is 1300. The van der Waals surface area contributed by atoms with E-state index in [-0.39, 0.29) is 23.4 Å². The fourth-order valence-electron chi connectivity index (χ4n) is 3.49. The summed E-state index contributed by atoms with van der Waals surface area (Å²) in [4.78, 5) is 35.3. The molecule has 0 fully saturated rings. The van der Waals surface area contributed by atoms with Gasteiger partial charge in [0.05, 0.1) is 23.9 Å². The van der Waals surface area contributed by atoms with Crippen molar-refractivity contribution in [2.75, 3.05) is 23.7 Å². The number of sulfonamides is 1. The number of rotatable bonds is 14. The first-order chi connectivity index (χ1) is 18.1. The first-order valence-electron chi connectivity index (χ1n) is 11.9. The van der Waals surface area contributed by atoms with Crippen LogP contribution in [-0.2, 0) is 35.5 Å². The van der Waals surface area contributed by atoms with Gasteiger partial charge in [-0.15, -0.1) is 0 Å². The Labute approximate surface area is 225 Å². The molecule has 2 atom stereocenters. The van der Waals surface area contributed by atoms with Gasteiger partial charge in [0.25, 0.3) is 5.69 Å². The van der Waals surface area contributed by atoms with E-state index < -0.39 is 69.4 Å². The van der Waals surface area contributed by atoms with Gasteiger partial charge < -0.3 is 14.6 Å². The quantitative estimate of drug-likeness (QED) is 0.133. The standard InChI is InChI=1S/C25H32FN3O9S/c1-16-7-5-10-19(22(16)29(33)34)28-39(35,36)12-11-37-15-21(24(32)38-25(2,3)4)27-20(23(30)31)14-17-8-6-9-18(26)13-17/h5-10,13,20-21,27-28H,11-12,14-15H2,1-4H3,(H,30,31)/t20-,21-/m1/s1. The zero-order valence-electron chi connectivity index (χ0n) is 22.0. The fraction of sp³-hybridized carbons (Fsp3) is 0.440. The summed E-state index contributed by atoms with van der Waals surface area (Å²) in [6.07, 6.45) is -0.153. The Balaban J connectivity index is 2.09. The Morgan fingerprint density at radius 1 is 1.15 bits per heavy atom. The SMILES string of the molecule is Cc1cccc(NS(=O)(=O)CCOC[C@@H](N[C@H](Cc2cccc(F)c2)C(=O)O)C(=O)OC(C)(C)C)c1[N+](=O)[O-]. The lowest BCUT2D eigenvalue weighted by Gasteiger charge is -2.26. The molecule has 39 heavy (non-hydrogen) atoms. The number of carboxylic acid groups (broad SMARTS) is 1. The number of anilines is 1. The van der Waals surface area contributed by atoms with Gasteiger partial charge in [-0.1, -0.05) is 24.3 Å². The molecule has 0 amide bonds. The molecule has 0 bridgehead atoms. The van der Waals surface area contributed by atoms with Crippen LogP contribution < -0.4 is 10.0 Å². The lowest BCUT2D eigenvalue weighted by Crippen LogP contribution is -2.52. The number of hydrogen-bond acceptors (Lipinski definition) is 9. The smallest absolute Gasteiger partial charge is 0.326 e. The Kier molecular flexibility index (Phi) is 10.9. The molecule has 2 aromatic rings. The molecular formula is C25H32FN3O9S. The van der Waals surface area contributed by atoms with Crippen molar-refractivity contribution in [1.82, 2.24) is 5.32 Å². The number of carbonyl (C=O) groups is 2. The molecule has 0 aliphatic carbocycles. The van der Waals surface area contributed by atoms with Crippen molar-refractivity contribution in [1.29, 1.82) is 0 Å². The van der Waals surface area contributed by atoms with E-state index in [4.69, 9.17) is 9.47 Å². The van der Waals surface area contributed by atoms with E-state index in [0.29, 0.717) is 5.56 Å². The van der Waals surface area contributed by atoms with Gasteiger partial charge in [0, 0.05) is 5.56 Å². The summed E-state index contributed by atoms with van der Waals surface area (Å²) in [6.45, 7) is 5.47. The second kappa shape index (κ2) is 13.4. The van der Waals surface area contributed by atoms with E-state index in [9.17, 15) is 37.6 Å². The number of benzene rings is 2. The van der Waals surface area contributed by atoms with Crippen LogP contribution in [0.2, 0.25) is 0 Å². The van der Waals surface area contributed by atoms with Crippen LogP contribution >= 0.6 is 0 Å². The highest BCUT2D eigenvalue weighted by Crippen LogP contribution is 2.28. The van der Waals surface area contributed by atoms with Crippen molar-refractivity contribution >= 4 is 33.3 Å². The fourth-order valence-corrected chi connectivity index (χ4v) is 4.43. The summed E-state index contributed by atoms with van der Waals surface area (Å²) in [5.41, 5.74) is -0.840. The number of aryl methyl sites for hydroxylation is 1. The zero-order valence-corrected chi connectivity index (χ0v) is 22.8. The minimum atomic E-state index is -4.08. The molecule has 0 saturated carbocycles. The Morgan fingerprint density at radius 3 is 2.41 bits per heavy atom. The summed E-state index contributed by atoms with van der Waals surface area (Å²) in [5, 5.41) is 23.7. The molecule has 0 saturated heterocycles. The van der Waals surface area contributed by atoms with Crippen LogP contribution in [0.4, 0.5) is 15.8 Å². The van der Waals surface area contributed by atoms with Gasteiger partial charge in [0.2, 0.25) is 10.0 Å². The third-order valence-electron chi connectivity index (χ3n) is 5.19. The highest BCUT2D eigenvalue weighted by atomic mass is 32.2. The maximum Gasteiger partial charge on any atom is 0.326 e. The van der Waals surface area contributed by atoms with Crippen LogP contribution in [0, 0.1) is 22.9 Å². The molecule has 0 heterocycles. The van der Waals surface area contributed by atoms with Gasteiger partial charge in [-0.2, -0.15) is 0 Å². The molecule has 0 aromatic heterocycles. The maximum absolute atomic E-state index is 13.6. The zero-order chi connectivity index (χ0) is 29.4. The highest BCUT2D eigenvalue weighted by Gasteiger charge is 2.31. The van der Waals surface area contributed by atoms with Crippen molar-refractivity contribution in [3.05, 3.63) is 69.5 Å². The Hall–Kier alpha value is -3.62. The first kappa shape index (κ1) is 31.6. The van der Waals surface area contributed by atoms with Gasteiger partial charge in [-0.05, 0) is 57.9 Å². The van der Waals surface area contributed by atoms with E-state index in [1.54, 1.807) is 20.8 Å². The van der Waals surface area contributed by atoms with Gasteiger partial charge in [-0.3, -0.25) is 29.7 Å². The molecule has 2 rings (SSSR count). The number of ether oxygens (including phenoxy) is 2. The number of esters is 1. The van der Waals surface area contributed by atoms with Gasteiger partial charge in [-0.25, -0.2) is 12.8 Å². The number of nitro benzene ring substituents is 1. The Morgan fingerprint density at radius 2 is 1.82 bits per heavy atom. The summed E-state index contributed by atoms with van der Waals surface area (Å²) in [5.74, 6) is -3.29. The van der Waals surface area contributed by atoms with Gasteiger partial charge >= 0.3 is 11.9 Å². The highest BCUT2D eigenvalue weighted by molar-refractivity contribution is 7.92. The monoisotopic (exact) mass is 569 g/mol. The average Bonchev–Trinajstić information content (AvgIpc) is 2.78. The number of aliphatic carboxylic acids is 1. The van der Waals surface area contributed by atoms with Gasteiger partial charge in [0.1, 0.15) is 29.2 Å². The van der Waals surface area contributed by atoms with Crippen molar-refractivity contribution in [3.8, 4) is 0 Å². The molecular weight excluding hydrogens is 537 g/mol. The third kappa shape index (κ3) is 10.6. The maximum atomic E-state index is 13.6. The molecule has 2 aromatic carbocycles. The molecule has 14 heteroatoms. The normalized spacial score (nSPS) is 13.4. The summed E-state index contributed by atoms with van der Waals surface area (Å²) in [7, 11) is -4.08. The molecule has 0 spiro atoms. The van der Waals surface area contributed by atoms with E-state index in [0.717, 1.165) is 0 Å². The molecule has 0 unspecified atom stereocenters. The van der Waals surface area contributed by atoms with E-state index >= 15 is 0 Å². The second-order valence-corrected chi connectivity index (χ2v) is 11.5. The molecule has 12 nitrogen and oxygen atoms in total. The van der Waals surface area contributed by atoms with Crippen molar-refractivity contribution in [3.63, 3.8) is 0 Å². The number of nitrogens with one attached hydrogen (secondary N) is 2. The molecule has 0 aliphatic heterocycles. The first-order valence-corrected chi connectivity index (χ1v) is 13.5. The summed E-state index contributed by atoms with van der Waals surface area (Å²) >= 11 is 0. The largest absolute Gasteiger partial charge is 0.480 e. The predicted molar refractivity (Wildman–Crippen MR) is 140 cm³/mol. The average molecular weight is 570 g/mol. The minimum absolute atomic E-state index is 0.153. The molecule has 3 N–H and O–H groups in total. The van der Waals surface area contributed by atoms with Crippen LogP contribution in [0.15, 0.2) is 42.5 Å². The van der Waals surface area contributed by atoms with Crippen molar-refractivity contribution in [2.45, 2.75) is 51.8 Å². The number of para-hydroxylation sites is 1. The van der Waals surface area contributed by atoms with Gasteiger partial charge in [0.15, 0.2) is 0 Å². The van der Waals surface area contributed by atoms with Crippen LogP contribution in [0.5, 0.6) is 0 Å². The number of nitro groups is 1. The molecule has 0 radical (unpaired) electrons.